The third-order valence-electron chi connectivity index (χ3n) is 4.18. The molecule has 1 aromatic carbocycles. The first-order valence-corrected chi connectivity index (χ1v) is 10.3. The van der Waals surface area contributed by atoms with Crippen LogP contribution in [-0.2, 0) is 4.79 Å². The summed E-state index contributed by atoms with van der Waals surface area (Å²) in [6.07, 6.45) is 5.36. The molecule has 0 aliphatic heterocycles. The van der Waals surface area contributed by atoms with Crippen molar-refractivity contribution in [3.63, 3.8) is 0 Å². The molecular formula is C22H34O6. The van der Waals surface area contributed by atoms with E-state index in [0.29, 0.717) is 42.6 Å². The summed E-state index contributed by atoms with van der Waals surface area (Å²) in [7, 11) is 0. The van der Waals surface area contributed by atoms with E-state index in [0.717, 1.165) is 38.5 Å². The van der Waals surface area contributed by atoms with Gasteiger partial charge in [-0.1, -0.05) is 40.0 Å². The molecule has 0 unspecified atom stereocenters. The third-order valence-corrected chi connectivity index (χ3v) is 4.18. The van der Waals surface area contributed by atoms with Crippen molar-refractivity contribution in [2.45, 2.75) is 72.1 Å². The fourth-order valence-corrected chi connectivity index (χ4v) is 2.44. The lowest BCUT2D eigenvalue weighted by Crippen LogP contribution is -2.10. The standard InChI is InChI=1S/C22H34O6/c1-4-7-12-26-19-16-21(28-14-9-6-3)20(27-13-8-5-2)15-17(19)18(23)10-11-22(24)25/h15-16H,4-14H2,1-3H3,(H,24,25). The number of ether oxygens (including phenoxy) is 3. The Labute approximate surface area is 168 Å². The SMILES string of the molecule is CCCCOc1cc(OCCCC)c(C(=O)CCC(=O)O)cc1OCCCC. The van der Waals surface area contributed by atoms with E-state index in [-0.39, 0.29) is 18.6 Å². The van der Waals surface area contributed by atoms with E-state index in [2.05, 4.69) is 20.8 Å². The maximum Gasteiger partial charge on any atom is 0.303 e. The van der Waals surface area contributed by atoms with Crippen LogP contribution >= 0.6 is 0 Å². The lowest BCUT2D eigenvalue weighted by atomic mass is 10.0. The number of ketones is 1. The molecule has 158 valence electrons. The zero-order chi connectivity index (χ0) is 20.8. The van der Waals surface area contributed by atoms with Gasteiger partial charge in [-0.3, -0.25) is 9.59 Å². The third kappa shape index (κ3) is 8.63. The Morgan fingerprint density at radius 1 is 0.750 bits per heavy atom. The Morgan fingerprint density at radius 3 is 1.68 bits per heavy atom. The summed E-state index contributed by atoms with van der Waals surface area (Å²) in [5.41, 5.74) is 0.353. The topological polar surface area (TPSA) is 82.1 Å². The van der Waals surface area contributed by atoms with Gasteiger partial charge >= 0.3 is 5.97 Å². The van der Waals surface area contributed by atoms with Crippen LogP contribution in [0.25, 0.3) is 0 Å². The fourth-order valence-electron chi connectivity index (χ4n) is 2.44. The van der Waals surface area contributed by atoms with Gasteiger partial charge in [0.1, 0.15) is 5.75 Å². The quantitative estimate of drug-likeness (QED) is 0.304. The maximum atomic E-state index is 12.6. The summed E-state index contributed by atoms with van der Waals surface area (Å²) in [4.78, 5) is 23.5. The minimum atomic E-state index is -0.999. The van der Waals surface area contributed by atoms with E-state index in [9.17, 15) is 9.59 Å². The molecule has 1 rings (SSSR count). The van der Waals surface area contributed by atoms with E-state index in [1.807, 2.05) is 0 Å². The van der Waals surface area contributed by atoms with E-state index in [4.69, 9.17) is 19.3 Å². The maximum absolute atomic E-state index is 12.6. The average Bonchev–Trinajstić information content (AvgIpc) is 2.67. The van der Waals surface area contributed by atoms with Gasteiger partial charge in [-0.15, -0.1) is 0 Å². The molecule has 6 nitrogen and oxygen atoms in total. The second kappa shape index (κ2) is 13.9. The molecule has 0 heterocycles. The number of benzene rings is 1. The number of hydrogen-bond acceptors (Lipinski definition) is 5. The monoisotopic (exact) mass is 394 g/mol. The summed E-state index contributed by atoms with van der Waals surface area (Å²) < 4.78 is 17.6. The molecule has 6 heteroatoms. The van der Waals surface area contributed by atoms with Crippen molar-refractivity contribution < 1.29 is 28.9 Å². The van der Waals surface area contributed by atoms with Gasteiger partial charge in [0.25, 0.3) is 0 Å². The van der Waals surface area contributed by atoms with Gasteiger partial charge in [-0.05, 0) is 25.3 Å². The van der Waals surface area contributed by atoms with Crippen LogP contribution in [0.2, 0.25) is 0 Å². The highest BCUT2D eigenvalue weighted by Crippen LogP contribution is 2.36. The average molecular weight is 395 g/mol. The van der Waals surface area contributed by atoms with E-state index < -0.39 is 5.97 Å². The Balaban J connectivity index is 3.15. The van der Waals surface area contributed by atoms with Crippen LogP contribution in [0.3, 0.4) is 0 Å². The first kappa shape index (κ1) is 23.8. The number of aliphatic carboxylic acids is 1. The van der Waals surface area contributed by atoms with Gasteiger partial charge in [0.05, 0.1) is 31.8 Å². The predicted octanol–water partition coefficient (Wildman–Crippen LogP) is 5.27. The molecule has 0 aromatic heterocycles. The van der Waals surface area contributed by atoms with Crippen molar-refractivity contribution in [3.05, 3.63) is 17.7 Å². The van der Waals surface area contributed by atoms with Crippen LogP contribution in [0.5, 0.6) is 17.2 Å². The van der Waals surface area contributed by atoms with Crippen molar-refractivity contribution in [1.29, 1.82) is 0 Å². The summed E-state index contributed by atoms with van der Waals surface area (Å²) >= 11 is 0. The van der Waals surface area contributed by atoms with Gasteiger partial charge in [0.15, 0.2) is 17.3 Å². The van der Waals surface area contributed by atoms with Crippen LogP contribution in [0.15, 0.2) is 12.1 Å². The molecule has 0 saturated heterocycles. The van der Waals surface area contributed by atoms with Crippen LogP contribution in [0.4, 0.5) is 0 Å². The molecule has 0 fully saturated rings. The molecule has 0 amide bonds. The van der Waals surface area contributed by atoms with Crippen molar-refractivity contribution in [1.82, 2.24) is 0 Å². The molecule has 0 radical (unpaired) electrons. The largest absolute Gasteiger partial charge is 0.493 e. The Kier molecular flexibility index (Phi) is 11.8. The lowest BCUT2D eigenvalue weighted by Gasteiger charge is -2.17. The molecule has 0 spiro atoms. The first-order chi connectivity index (χ1) is 13.5. The zero-order valence-electron chi connectivity index (χ0n) is 17.4. The predicted molar refractivity (Wildman–Crippen MR) is 109 cm³/mol. The number of carboxylic acids is 1. The minimum absolute atomic E-state index is 0.0795. The lowest BCUT2D eigenvalue weighted by molar-refractivity contribution is -0.136. The molecule has 1 aromatic rings. The summed E-state index contributed by atoms with van der Waals surface area (Å²) in [6.45, 7) is 7.80. The number of rotatable bonds is 16. The van der Waals surface area contributed by atoms with Gasteiger partial charge in [0.2, 0.25) is 0 Å². The van der Waals surface area contributed by atoms with Crippen molar-refractivity contribution in [2.75, 3.05) is 19.8 Å². The summed E-state index contributed by atoms with van der Waals surface area (Å²) in [5, 5.41) is 8.89. The van der Waals surface area contributed by atoms with Crippen molar-refractivity contribution in [3.8, 4) is 17.2 Å². The van der Waals surface area contributed by atoms with Gasteiger partial charge < -0.3 is 19.3 Å². The first-order valence-electron chi connectivity index (χ1n) is 10.3. The van der Waals surface area contributed by atoms with E-state index in [1.165, 1.54) is 0 Å². The molecule has 0 saturated carbocycles. The number of Topliss-reactive ketones (excluding diaryl/α,β-unsaturated/α-hetero) is 1. The molecule has 0 aliphatic carbocycles. The summed E-state index contributed by atoms with van der Waals surface area (Å²) in [5.74, 6) is 0.227. The molecule has 28 heavy (non-hydrogen) atoms. The van der Waals surface area contributed by atoms with Crippen LogP contribution in [-0.4, -0.2) is 36.7 Å². The number of hydrogen-bond donors (Lipinski definition) is 1. The van der Waals surface area contributed by atoms with Crippen LogP contribution < -0.4 is 14.2 Å². The highest BCUT2D eigenvalue weighted by Gasteiger charge is 2.19. The normalized spacial score (nSPS) is 10.5. The van der Waals surface area contributed by atoms with Crippen molar-refractivity contribution in [2.24, 2.45) is 0 Å². The van der Waals surface area contributed by atoms with E-state index in [1.54, 1.807) is 12.1 Å². The van der Waals surface area contributed by atoms with Crippen LogP contribution in [0.1, 0.15) is 82.5 Å². The molecular weight excluding hydrogens is 360 g/mol. The molecule has 0 bridgehead atoms. The smallest absolute Gasteiger partial charge is 0.303 e. The Hall–Kier alpha value is -2.24. The van der Waals surface area contributed by atoms with Gasteiger partial charge in [-0.25, -0.2) is 0 Å². The fraction of sp³-hybridized carbons (Fsp3) is 0.636. The molecule has 0 atom stereocenters. The summed E-state index contributed by atoms with van der Waals surface area (Å²) in [6, 6.07) is 3.35. The molecule has 1 N–H and O–H groups in total. The van der Waals surface area contributed by atoms with Crippen LogP contribution in [0, 0.1) is 0 Å². The molecule has 0 aliphatic rings. The zero-order valence-corrected chi connectivity index (χ0v) is 17.4. The highest BCUT2D eigenvalue weighted by atomic mass is 16.5. The van der Waals surface area contributed by atoms with Crippen molar-refractivity contribution >= 4 is 11.8 Å². The second-order valence-corrected chi connectivity index (χ2v) is 6.72. The number of carbonyl (C=O) groups is 2. The Morgan fingerprint density at radius 2 is 1.21 bits per heavy atom. The number of carbonyl (C=O) groups excluding carboxylic acids is 1. The second-order valence-electron chi connectivity index (χ2n) is 6.72. The number of carboxylic acid groups (broad SMARTS) is 1. The highest BCUT2D eigenvalue weighted by molar-refractivity contribution is 6.00. The van der Waals surface area contributed by atoms with Gasteiger partial charge in [0, 0.05) is 12.5 Å². The minimum Gasteiger partial charge on any atom is -0.493 e. The Bertz CT molecular complexity index is 611. The number of unbranched alkanes of at least 4 members (excludes halogenated alkanes) is 3. The van der Waals surface area contributed by atoms with E-state index >= 15 is 0 Å². The van der Waals surface area contributed by atoms with Gasteiger partial charge in [-0.2, -0.15) is 0 Å².